The smallest absolute Gasteiger partial charge is 0.241 e. The van der Waals surface area contributed by atoms with E-state index < -0.39 is 21.8 Å². The molecule has 0 saturated carbocycles. The highest BCUT2D eigenvalue weighted by Gasteiger charge is 2.20. The maximum atomic E-state index is 11.9. The number of carbonyl (C=O) groups is 1. The molecule has 2 N–H and O–H groups in total. The second kappa shape index (κ2) is 5.70. The lowest BCUT2D eigenvalue weighted by atomic mass is 10.1. The fourth-order valence-corrected chi connectivity index (χ4v) is 2.15. The molecule has 1 unspecified atom stereocenters. The number of Topliss-reactive ketones (excluding diaryl/α,β-unsaturated/α-hetero) is 1. The third-order valence-electron chi connectivity index (χ3n) is 2.36. The van der Waals surface area contributed by atoms with Crippen molar-refractivity contribution in [2.45, 2.75) is 17.9 Å². The molecular weight excluding hydrogens is 272 g/mol. The van der Waals surface area contributed by atoms with E-state index in [0.29, 0.717) is 0 Å². The van der Waals surface area contributed by atoms with Gasteiger partial charge in [-0.05, 0) is 30.7 Å². The Morgan fingerprint density at radius 1 is 1.53 bits per heavy atom. The molecule has 19 heavy (non-hydrogen) atoms. The summed E-state index contributed by atoms with van der Waals surface area (Å²) in [5, 5.41) is 8.29. The molecule has 0 aliphatic rings. The molecule has 0 aliphatic carbocycles. The highest BCUT2D eigenvalue weighted by atomic mass is 32.2. The van der Waals surface area contributed by atoms with E-state index in [-0.39, 0.29) is 16.2 Å². The summed E-state index contributed by atoms with van der Waals surface area (Å²) in [5.41, 5.74) is 8.34. The van der Waals surface area contributed by atoms with E-state index in [1.54, 1.807) is 0 Å². The van der Waals surface area contributed by atoms with E-state index in [1.807, 2.05) is 0 Å². The van der Waals surface area contributed by atoms with Crippen molar-refractivity contribution in [3.63, 3.8) is 0 Å². The number of ether oxygens (including phenoxy) is 1. The van der Waals surface area contributed by atoms with Crippen molar-refractivity contribution < 1.29 is 17.9 Å². The standard InChI is InChI=1S/C10H12N4O4S/c1-6(13-14-11)10(15)7-3-4-8(18-2)9(5-7)19(12,16)17/h3-6H,1-2H3,(H2,12,16,17). The number of benzene rings is 1. The minimum absolute atomic E-state index is 0.0375. The van der Waals surface area contributed by atoms with Gasteiger partial charge < -0.3 is 4.74 Å². The lowest BCUT2D eigenvalue weighted by Crippen LogP contribution is -2.17. The molecular formula is C10H12N4O4S. The van der Waals surface area contributed by atoms with Crippen LogP contribution in [0.25, 0.3) is 10.4 Å². The maximum absolute atomic E-state index is 11.9. The molecule has 0 heterocycles. The number of carbonyl (C=O) groups excluding carboxylic acids is 1. The summed E-state index contributed by atoms with van der Waals surface area (Å²) in [4.78, 5) is 14.1. The normalized spacial score (nSPS) is 12.4. The number of rotatable bonds is 5. The number of nitrogens with zero attached hydrogens (tertiary/aromatic N) is 3. The quantitative estimate of drug-likeness (QED) is 0.376. The fraction of sp³-hybridized carbons (Fsp3) is 0.300. The number of methoxy groups -OCH3 is 1. The van der Waals surface area contributed by atoms with Gasteiger partial charge in [0, 0.05) is 10.5 Å². The van der Waals surface area contributed by atoms with Crippen molar-refractivity contribution in [1.82, 2.24) is 0 Å². The molecule has 0 amide bonds. The summed E-state index contributed by atoms with van der Waals surface area (Å²) < 4.78 is 27.6. The van der Waals surface area contributed by atoms with Gasteiger partial charge in [-0.2, -0.15) is 0 Å². The van der Waals surface area contributed by atoms with Crippen LogP contribution in [-0.4, -0.2) is 27.4 Å². The molecule has 102 valence electrons. The molecule has 8 nitrogen and oxygen atoms in total. The number of ketones is 1. The molecule has 0 aromatic heterocycles. The largest absolute Gasteiger partial charge is 0.495 e. The number of primary sulfonamides is 1. The van der Waals surface area contributed by atoms with Crippen molar-refractivity contribution >= 4 is 15.8 Å². The Labute approximate surface area is 109 Å². The number of nitrogens with two attached hydrogens (primary N) is 1. The van der Waals surface area contributed by atoms with Crippen LogP contribution in [0.15, 0.2) is 28.2 Å². The summed E-state index contributed by atoms with van der Waals surface area (Å²) >= 11 is 0. The van der Waals surface area contributed by atoms with Crippen molar-refractivity contribution in [3.05, 3.63) is 34.2 Å². The van der Waals surface area contributed by atoms with Gasteiger partial charge in [0.1, 0.15) is 10.6 Å². The monoisotopic (exact) mass is 284 g/mol. The minimum Gasteiger partial charge on any atom is -0.495 e. The molecule has 0 bridgehead atoms. The zero-order chi connectivity index (χ0) is 14.6. The van der Waals surface area contributed by atoms with Crippen LogP contribution in [0.5, 0.6) is 5.75 Å². The molecule has 1 rings (SSSR count). The first-order valence-electron chi connectivity index (χ1n) is 5.10. The van der Waals surface area contributed by atoms with E-state index >= 15 is 0 Å². The second-order valence-electron chi connectivity index (χ2n) is 3.66. The van der Waals surface area contributed by atoms with Crippen LogP contribution in [0.2, 0.25) is 0 Å². The van der Waals surface area contributed by atoms with Gasteiger partial charge in [-0.1, -0.05) is 5.11 Å². The third kappa shape index (κ3) is 3.44. The van der Waals surface area contributed by atoms with Crippen LogP contribution in [0.3, 0.4) is 0 Å². The fourth-order valence-electron chi connectivity index (χ4n) is 1.42. The lowest BCUT2D eigenvalue weighted by Gasteiger charge is -2.09. The Morgan fingerprint density at radius 3 is 2.63 bits per heavy atom. The highest BCUT2D eigenvalue weighted by molar-refractivity contribution is 7.89. The van der Waals surface area contributed by atoms with E-state index in [4.69, 9.17) is 15.4 Å². The summed E-state index contributed by atoms with van der Waals surface area (Å²) in [6, 6.07) is 2.85. The van der Waals surface area contributed by atoms with Crippen molar-refractivity contribution in [2.24, 2.45) is 10.3 Å². The Morgan fingerprint density at radius 2 is 2.16 bits per heavy atom. The van der Waals surface area contributed by atoms with Gasteiger partial charge in [0.25, 0.3) is 0 Å². The maximum Gasteiger partial charge on any atom is 0.241 e. The van der Waals surface area contributed by atoms with Crippen LogP contribution in [0.4, 0.5) is 0 Å². The topological polar surface area (TPSA) is 135 Å². The third-order valence-corrected chi connectivity index (χ3v) is 3.29. The first kappa shape index (κ1) is 15.0. The van der Waals surface area contributed by atoms with Crippen LogP contribution in [0.1, 0.15) is 17.3 Å². The molecule has 1 aromatic rings. The molecule has 0 fully saturated rings. The first-order valence-corrected chi connectivity index (χ1v) is 6.65. The number of hydrogen-bond acceptors (Lipinski definition) is 5. The van der Waals surface area contributed by atoms with Crippen LogP contribution >= 0.6 is 0 Å². The zero-order valence-corrected chi connectivity index (χ0v) is 11.1. The molecule has 0 spiro atoms. The lowest BCUT2D eigenvalue weighted by molar-refractivity contribution is 0.0968. The summed E-state index contributed by atoms with van der Waals surface area (Å²) in [6.07, 6.45) is 0. The summed E-state index contributed by atoms with van der Waals surface area (Å²) in [6.45, 7) is 1.41. The van der Waals surface area contributed by atoms with E-state index in [0.717, 1.165) is 6.07 Å². The molecule has 1 atom stereocenters. The van der Waals surface area contributed by atoms with Gasteiger partial charge in [-0.25, -0.2) is 13.6 Å². The summed E-state index contributed by atoms with van der Waals surface area (Å²) in [5.74, 6) is -0.471. The van der Waals surface area contributed by atoms with Gasteiger partial charge in [0.2, 0.25) is 10.0 Å². The van der Waals surface area contributed by atoms with Crippen LogP contribution in [-0.2, 0) is 10.0 Å². The molecule has 0 radical (unpaired) electrons. The predicted molar refractivity (Wildman–Crippen MR) is 67.3 cm³/mol. The number of hydrogen-bond donors (Lipinski definition) is 1. The minimum atomic E-state index is -4.02. The molecule has 1 aromatic carbocycles. The van der Waals surface area contributed by atoms with Crippen molar-refractivity contribution in [3.8, 4) is 5.75 Å². The Kier molecular flexibility index (Phi) is 4.49. The van der Waals surface area contributed by atoms with E-state index in [2.05, 4.69) is 10.0 Å². The molecule has 0 aliphatic heterocycles. The van der Waals surface area contributed by atoms with Gasteiger partial charge >= 0.3 is 0 Å². The van der Waals surface area contributed by atoms with Crippen molar-refractivity contribution in [2.75, 3.05) is 7.11 Å². The van der Waals surface area contributed by atoms with Gasteiger partial charge in [0.15, 0.2) is 5.78 Å². The first-order chi connectivity index (χ1) is 8.81. The van der Waals surface area contributed by atoms with E-state index in [9.17, 15) is 13.2 Å². The highest BCUT2D eigenvalue weighted by Crippen LogP contribution is 2.24. The Balaban J connectivity index is 3.34. The van der Waals surface area contributed by atoms with Crippen molar-refractivity contribution in [1.29, 1.82) is 0 Å². The number of sulfonamides is 1. The average molecular weight is 284 g/mol. The average Bonchev–Trinajstić information content (AvgIpc) is 2.36. The Hall–Kier alpha value is -2.09. The zero-order valence-electron chi connectivity index (χ0n) is 10.3. The molecule has 0 saturated heterocycles. The van der Waals surface area contributed by atoms with Crippen LogP contribution in [0, 0.1) is 0 Å². The SMILES string of the molecule is COc1ccc(C(=O)C(C)N=[N+]=[N-])cc1S(N)(=O)=O. The van der Waals surface area contributed by atoms with E-state index in [1.165, 1.54) is 26.2 Å². The number of azide groups is 1. The Bertz CT molecular complexity index is 649. The second-order valence-corrected chi connectivity index (χ2v) is 5.19. The van der Waals surface area contributed by atoms with Gasteiger partial charge in [-0.15, -0.1) is 0 Å². The van der Waals surface area contributed by atoms with Crippen LogP contribution < -0.4 is 9.88 Å². The predicted octanol–water partition coefficient (Wildman–Crippen LogP) is 1.22. The van der Waals surface area contributed by atoms with Gasteiger partial charge in [0.05, 0.1) is 13.2 Å². The summed E-state index contributed by atoms with van der Waals surface area (Å²) in [7, 11) is -2.73. The molecule has 9 heteroatoms. The van der Waals surface area contributed by atoms with Gasteiger partial charge in [-0.3, -0.25) is 4.79 Å².